The molecule has 0 amide bonds. The molecule has 1 heterocycles. The third-order valence-corrected chi connectivity index (χ3v) is 3.34. The number of nitro groups is 1. The number of rotatable bonds is 6. The molecular formula is C18H13FN2O4. The highest BCUT2D eigenvalue weighted by molar-refractivity contribution is 5.43. The van der Waals surface area contributed by atoms with E-state index in [0.29, 0.717) is 17.1 Å². The topological polar surface area (TPSA) is 74.5 Å². The van der Waals surface area contributed by atoms with Gasteiger partial charge in [0.1, 0.15) is 23.9 Å². The van der Waals surface area contributed by atoms with Crippen molar-refractivity contribution in [2.24, 2.45) is 0 Å². The van der Waals surface area contributed by atoms with Crippen molar-refractivity contribution >= 4 is 5.69 Å². The van der Waals surface area contributed by atoms with Crippen molar-refractivity contribution in [2.75, 3.05) is 0 Å². The van der Waals surface area contributed by atoms with Crippen molar-refractivity contribution in [1.29, 1.82) is 0 Å². The average molecular weight is 340 g/mol. The van der Waals surface area contributed by atoms with Crippen molar-refractivity contribution in [3.63, 3.8) is 0 Å². The van der Waals surface area contributed by atoms with Crippen LogP contribution in [0.3, 0.4) is 0 Å². The quantitative estimate of drug-likeness (QED) is 0.488. The minimum atomic E-state index is -0.561. The van der Waals surface area contributed by atoms with E-state index < -0.39 is 4.92 Å². The Balaban J connectivity index is 1.67. The summed E-state index contributed by atoms with van der Waals surface area (Å²) in [7, 11) is 0. The molecule has 7 heteroatoms. The summed E-state index contributed by atoms with van der Waals surface area (Å²) >= 11 is 0. The largest absolute Gasteiger partial charge is 0.489 e. The third-order valence-electron chi connectivity index (χ3n) is 3.34. The van der Waals surface area contributed by atoms with Gasteiger partial charge in [0.2, 0.25) is 0 Å². The van der Waals surface area contributed by atoms with E-state index in [4.69, 9.17) is 9.47 Å². The van der Waals surface area contributed by atoms with Crippen LogP contribution in [0.25, 0.3) is 0 Å². The van der Waals surface area contributed by atoms with Crippen molar-refractivity contribution in [1.82, 2.24) is 4.98 Å². The smallest absolute Gasteiger partial charge is 0.331 e. The van der Waals surface area contributed by atoms with Gasteiger partial charge in [0.05, 0.1) is 4.92 Å². The summed E-state index contributed by atoms with van der Waals surface area (Å²) in [6, 6.07) is 15.6. The maximum Gasteiger partial charge on any atom is 0.331 e. The van der Waals surface area contributed by atoms with Gasteiger partial charge in [0, 0.05) is 17.8 Å². The summed E-state index contributed by atoms with van der Waals surface area (Å²) < 4.78 is 24.5. The van der Waals surface area contributed by atoms with Crippen LogP contribution in [-0.2, 0) is 6.61 Å². The Morgan fingerprint density at radius 1 is 1.00 bits per heavy atom. The van der Waals surface area contributed by atoms with Crippen LogP contribution in [0, 0.1) is 15.9 Å². The van der Waals surface area contributed by atoms with Gasteiger partial charge in [0.15, 0.2) is 0 Å². The molecule has 3 rings (SSSR count). The number of pyridine rings is 1. The maximum atomic E-state index is 13.5. The molecule has 0 fully saturated rings. The second-order valence-electron chi connectivity index (χ2n) is 5.04. The molecule has 0 unspecified atom stereocenters. The first-order valence-electron chi connectivity index (χ1n) is 7.37. The lowest BCUT2D eigenvalue weighted by Crippen LogP contribution is -1.98. The van der Waals surface area contributed by atoms with E-state index in [2.05, 4.69) is 4.98 Å². The summed E-state index contributed by atoms with van der Waals surface area (Å²) in [5, 5.41) is 10.9. The van der Waals surface area contributed by atoms with E-state index in [1.54, 1.807) is 42.5 Å². The second kappa shape index (κ2) is 7.39. The predicted octanol–water partition coefficient (Wildman–Crippen LogP) is 4.50. The summed E-state index contributed by atoms with van der Waals surface area (Å²) in [6.07, 6.45) is 1.41. The van der Waals surface area contributed by atoms with E-state index in [-0.39, 0.29) is 24.0 Å². The number of ether oxygens (including phenoxy) is 2. The molecule has 25 heavy (non-hydrogen) atoms. The number of hydrogen-bond acceptors (Lipinski definition) is 5. The number of benzene rings is 2. The zero-order chi connectivity index (χ0) is 17.6. The lowest BCUT2D eigenvalue weighted by molar-refractivity contribution is -0.386. The van der Waals surface area contributed by atoms with E-state index in [1.165, 1.54) is 24.4 Å². The van der Waals surface area contributed by atoms with Crippen LogP contribution >= 0.6 is 0 Å². The molecule has 0 atom stereocenters. The minimum Gasteiger partial charge on any atom is -0.489 e. The van der Waals surface area contributed by atoms with Gasteiger partial charge in [-0.15, -0.1) is 0 Å². The monoisotopic (exact) mass is 340 g/mol. The highest BCUT2D eigenvalue weighted by Crippen LogP contribution is 2.29. The SMILES string of the molecule is O=[N+]([O-])c1cccnc1Oc1ccc(OCc2ccccc2F)cc1. The summed E-state index contributed by atoms with van der Waals surface area (Å²) in [5.41, 5.74) is 0.231. The number of nitrogens with zero attached hydrogens (tertiary/aromatic N) is 2. The molecule has 126 valence electrons. The lowest BCUT2D eigenvalue weighted by atomic mass is 10.2. The highest BCUT2D eigenvalue weighted by atomic mass is 19.1. The molecule has 3 aromatic rings. The zero-order valence-corrected chi connectivity index (χ0v) is 13.0. The minimum absolute atomic E-state index is 0.0903. The molecule has 2 aromatic carbocycles. The zero-order valence-electron chi connectivity index (χ0n) is 13.0. The fourth-order valence-electron chi connectivity index (χ4n) is 2.09. The van der Waals surface area contributed by atoms with Gasteiger partial charge in [0.25, 0.3) is 5.88 Å². The van der Waals surface area contributed by atoms with Gasteiger partial charge in [-0.25, -0.2) is 9.37 Å². The normalized spacial score (nSPS) is 10.3. The third kappa shape index (κ3) is 4.08. The molecule has 6 nitrogen and oxygen atoms in total. The Labute approximate surface area is 142 Å². The molecule has 0 bridgehead atoms. The maximum absolute atomic E-state index is 13.5. The average Bonchev–Trinajstić information content (AvgIpc) is 2.62. The fraction of sp³-hybridized carbons (Fsp3) is 0.0556. The van der Waals surface area contributed by atoms with Crippen molar-refractivity contribution in [2.45, 2.75) is 6.61 Å². The van der Waals surface area contributed by atoms with Crippen molar-refractivity contribution in [3.05, 3.63) is 88.4 Å². The van der Waals surface area contributed by atoms with E-state index in [1.807, 2.05) is 0 Å². The summed E-state index contributed by atoms with van der Waals surface area (Å²) in [4.78, 5) is 14.3. The van der Waals surface area contributed by atoms with Crippen LogP contribution in [0.15, 0.2) is 66.9 Å². The molecule has 0 aliphatic carbocycles. The Morgan fingerprint density at radius 3 is 2.44 bits per heavy atom. The number of aromatic nitrogens is 1. The van der Waals surface area contributed by atoms with Crippen molar-refractivity contribution in [3.8, 4) is 17.4 Å². The Morgan fingerprint density at radius 2 is 1.72 bits per heavy atom. The predicted molar refractivity (Wildman–Crippen MR) is 88.1 cm³/mol. The Bertz CT molecular complexity index is 884. The molecule has 0 saturated carbocycles. The van der Waals surface area contributed by atoms with Gasteiger partial charge in [-0.2, -0.15) is 0 Å². The molecular weight excluding hydrogens is 327 g/mol. The van der Waals surface area contributed by atoms with Crippen LogP contribution in [0.5, 0.6) is 17.4 Å². The standard InChI is InChI=1S/C18H13FN2O4/c19-16-5-2-1-4-13(16)12-24-14-7-9-15(10-8-14)25-18-17(21(22)23)6-3-11-20-18/h1-11H,12H2. The molecule has 0 saturated heterocycles. The van der Waals surface area contributed by atoms with Crippen LogP contribution in [0.1, 0.15) is 5.56 Å². The van der Waals surface area contributed by atoms with Crippen molar-refractivity contribution < 1.29 is 18.8 Å². The Kier molecular flexibility index (Phi) is 4.84. The van der Waals surface area contributed by atoms with Crippen LogP contribution in [0.2, 0.25) is 0 Å². The van der Waals surface area contributed by atoms with Crippen LogP contribution in [-0.4, -0.2) is 9.91 Å². The number of hydrogen-bond donors (Lipinski definition) is 0. The summed E-state index contributed by atoms with van der Waals surface area (Å²) in [6.45, 7) is 0.0958. The Hall–Kier alpha value is -3.48. The van der Waals surface area contributed by atoms with E-state index in [9.17, 15) is 14.5 Å². The number of halogens is 1. The van der Waals surface area contributed by atoms with E-state index in [0.717, 1.165) is 0 Å². The second-order valence-corrected chi connectivity index (χ2v) is 5.04. The van der Waals surface area contributed by atoms with E-state index >= 15 is 0 Å². The van der Waals surface area contributed by atoms with Gasteiger partial charge < -0.3 is 9.47 Å². The summed E-state index contributed by atoms with van der Waals surface area (Å²) in [5.74, 6) is 0.476. The first-order chi connectivity index (χ1) is 12.1. The van der Waals surface area contributed by atoms with Gasteiger partial charge >= 0.3 is 5.69 Å². The fourth-order valence-corrected chi connectivity index (χ4v) is 2.09. The van der Waals surface area contributed by atoms with Crippen LogP contribution < -0.4 is 9.47 Å². The van der Waals surface area contributed by atoms with Crippen LogP contribution in [0.4, 0.5) is 10.1 Å². The molecule has 0 N–H and O–H groups in total. The van der Waals surface area contributed by atoms with Gasteiger partial charge in [-0.1, -0.05) is 18.2 Å². The molecule has 0 radical (unpaired) electrons. The molecule has 0 aliphatic heterocycles. The van der Waals surface area contributed by atoms with Gasteiger partial charge in [-0.05, 0) is 36.4 Å². The molecule has 0 aliphatic rings. The highest BCUT2D eigenvalue weighted by Gasteiger charge is 2.16. The molecule has 0 spiro atoms. The molecule has 1 aromatic heterocycles. The lowest BCUT2D eigenvalue weighted by Gasteiger charge is -2.08. The van der Waals surface area contributed by atoms with Gasteiger partial charge in [-0.3, -0.25) is 10.1 Å². The first-order valence-corrected chi connectivity index (χ1v) is 7.37. The first kappa shape index (κ1) is 16.4.